The summed E-state index contributed by atoms with van der Waals surface area (Å²) in [5.41, 5.74) is 7.02. The smallest absolute Gasteiger partial charge is 0.269 e. The standard InChI is InChI=1S/C14H21N3O2.ClH/c1-11-8-13(9-15)10-16(11)7-6-12-2-4-14(5-3-12)17(18)19;/h2-5,11,13H,6-10,15H2,1H3;1H. The summed E-state index contributed by atoms with van der Waals surface area (Å²) in [6, 6.07) is 7.43. The Morgan fingerprint density at radius 3 is 2.55 bits per heavy atom. The van der Waals surface area contributed by atoms with Crippen molar-refractivity contribution in [1.29, 1.82) is 0 Å². The number of benzene rings is 1. The van der Waals surface area contributed by atoms with Crippen LogP contribution in [0.1, 0.15) is 18.9 Å². The lowest BCUT2D eigenvalue weighted by Gasteiger charge is -2.20. The largest absolute Gasteiger partial charge is 0.330 e. The number of nitro benzene ring substituents is 1. The quantitative estimate of drug-likeness (QED) is 0.668. The second-order valence-electron chi connectivity index (χ2n) is 5.35. The zero-order valence-electron chi connectivity index (χ0n) is 11.7. The molecule has 20 heavy (non-hydrogen) atoms. The number of nitrogens with zero attached hydrogens (tertiary/aromatic N) is 2. The van der Waals surface area contributed by atoms with Crippen molar-refractivity contribution >= 4 is 18.1 Å². The van der Waals surface area contributed by atoms with E-state index < -0.39 is 0 Å². The number of halogens is 1. The van der Waals surface area contributed by atoms with Crippen molar-refractivity contribution in [3.63, 3.8) is 0 Å². The molecule has 0 radical (unpaired) electrons. The second kappa shape index (κ2) is 7.57. The maximum atomic E-state index is 10.6. The molecular formula is C14H22ClN3O2. The van der Waals surface area contributed by atoms with E-state index in [1.54, 1.807) is 12.1 Å². The maximum Gasteiger partial charge on any atom is 0.269 e. The highest BCUT2D eigenvalue weighted by Gasteiger charge is 2.27. The fourth-order valence-corrected chi connectivity index (χ4v) is 2.76. The van der Waals surface area contributed by atoms with Gasteiger partial charge in [0.1, 0.15) is 0 Å². The summed E-state index contributed by atoms with van der Waals surface area (Å²) < 4.78 is 0. The van der Waals surface area contributed by atoms with Crippen LogP contribution in [0.5, 0.6) is 0 Å². The van der Waals surface area contributed by atoms with Gasteiger partial charge in [-0.25, -0.2) is 0 Å². The third-order valence-electron chi connectivity index (χ3n) is 3.96. The number of likely N-dealkylation sites (tertiary alicyclic amines) is 1. The maximum absolute atomic E-state index is 10.6. The van der Waals surface area contributed by atoms with Crippen molar-refractivity contribution < 1.29 is 4.92 Å². The Morgan fingerprint density at radius 1 is 1.40 bits per heavy atom. The molecule has 1 aromatic rings. The lowest BCUT2D eigenvalue weighted by molar-refractivity contribution is -0.384. The number of non-ortho nitro benzene ring substituents is 1. The first-order valence-corrected chi connectivity index (χ1v) is 6.77. The van der Waals surface area contributed by atoms with Crippen LogP contribution in [0.15, 0.2) is 24.3 Å². The molecule has 5 nitrogen and oxygen atoms in total. The zero-order chi connectivity index (χ0) is 13.8. The predicted octanol–water partition coefficient (Wildman–Crippen LogP) is 2.23. The van der Waals surface area contributed by atoms with E-state index in [9.17, 15) is 10.1 Å². The van der Waals surface area contributed by atoms with Gasteiger partial charge in [0.05, 0.1) is 4.92 Å². The third kappa shape index (κ3) is 4.16. The van der Waals surface area contributed by atoms with Crippen molar-refractivity contribution in [3.8, 4) is 0 Å². The van der Waals surface area contributed by atoms with E-state index in [2.05, 4.69) is 11.8 Å². The van der Waals surface area contributed by atoms with E-state index >= 15 is 0 Å². The number of nitrogens with two attached hydrogens (primary N) is 1. The summed E-state index contributed by atoms with van der Waals surface area (Å²) in [5, 5.41) is 10.6. The van der Waals surface area contributed by atoms with Crippen molar-refractivity contribution in [2.24, 2.45) is 11.7 Å². The van der Waals surface area contributed by atoms with Crippen LogP contribution >= 0.6 is 12.4 Å². The van der Waals surface area contributed by atoms with Gasteiger partial charge in [-0.2, -0.15) is 0 Å². The summed E-state index contributed by atoms with van der Waals surface area (Å²) >= 11 is 0. The minimum atomic E-state index is -0.363. The third-order valence-corrected chi connectivity index (χ3v) is 3.96. The average molecular weight is 300 g/mol. The van der Waals surface area contributed by atoms with E-state index in [0.717, 1.165) is 31.6 Å². The van der Waals surface area contributed by atoms with E-state index in [1.165, 1.54) is 6.42 Å². The summed E-state index contributed by atoms with van der Waals surface area (Å²) in [7, 11) is 0. The van der Waals surface area contributed by atoms with E-state index in [4.69, 9.17) is 5.73 Å². The average Bonchev–Trinajstić information content (AvgIpc) is 2.77. The van der Waals surface area contributed by atoms with Gasteiger partial charge in [0, 0.05) is 31.3 Å². The Morgan fingerprint density at radius 2 is 2.05 bits per heavy atom. The molecule has 1 aromatic carbocycles. The van der Waals surface area contributed by atoms with Crippen molar-refractivity contribution in [3.05, 3.63) is 39.9 Å². The SMILES string of the molecule is CC1CC(CN)CN1CCc1ccc([N+](=O)[O-])cc1.Cl. The Hall–Kier alpha value is -1.17. The van der Waals surface area contributed by atoms with Gasteiger partial charge < -0.3 is 5.73 Å². The van der Waals surface area contributed by atoms with Gasteiger partial charge in [0.2, 0.25) is 0 Å². The highest BCUT2D eigenvalue weighted by atomic mass is 35.5. The van der Waals surface area contributed by atoms with Gasteiger partial charge in [-0.15, -0.1) is 12.4 Å². The van der Waals surface area contributed by atoms with Gasteiger partial charge in [-0.1, -0.05) is 12.1 Å². The molecule has 2 rings (SSSR count). The van der Waals surface area contributed by atoms with Crippen LogP contribution in [0.3, 0.4) is 0 Å². The first-order valence-electron chi connectivity index (χ1n) is 6.77. The van der Waals surface area contributed by atoms with Gasteiger partial charge in [0.25, 0.3) is 5.69 Å². The van der Waals surface area contributed by atoms with Crippen molar-refractivity contribution in [2.75, 3.05) is 19.6 Å². The minimum absolute atomic E-state index is 0. The molecule has 0 aromatic heterocycles. The fourth-order valence-electron chi connectivity index (χ4n) is 2.76. The van der Waals surface area contributed by atoms with Crippen LogP contribution in [0.25, 0.3) is 0 Å². The first kappa shape index (κ1) is 16.9. The molecule has 1 aliphatic heterocycles. The Bertz CT molecular complexity index is 439. The summed E-state index contributed by atoms with van der Waals surface area (Å²) in [6.45, 7) is 5.07. The normalized spacial score (nSPS) is 22.5. The lowest BCUT2D eigenvalue weighted by Crippen LogP contribution is -2.30. The molecule has 0 bridgehead atoms. The van der Waals surface area contributed by atoms with E-state index in [1.807, 2.05) is 12.1 Å². The molecule has 2 atom stereocenters. The molecule has 112 valence electrons. The molecule has 1 aliphatic rings. The van der Waals surface area contributed by atoms with E-state index in [0.29, 0.717) is 12.0 Å². The molecule has 0 saturated carbocycles. The Labute approximate surface area is 125 Å². The van der Waals surface area contributed by atoms with Crippen LogP contribution in [0.4, 0.5) is 5.69 Å². The topological polar surface area (TPSA) is 72.4 Å². The molecule has 1 saturated heterocycles. The number of hydrogen-bond donors (Lipinski definition) is 1. The molecule has 1 heterocycles. The molecule has 2 N–H and O–H groups in total. The predicted molar refractivity (Wildman–Crippen MR) is 82.2 cm³/mol. The molecule has 1 fully saturated rings. The molecule has 6 heteroatoms. The van der Waals surface area contributed by atoms with Crippen LogP contribution in [-0.4, -0.2) is 35.5 Å². The number of nitro groups is 1. The second-order valence-corrected chi connectivity index (χ2v) is 5.35. The monoisotopic (exact) mass is 299 g/mol. The van der Waals surface area contributed by atoms with Gasteiger partial charge >= 0.3 is 0 Å². The highest BCUT2D eigenvalue weighted by Crippen LogP contribution is 2.22. The Balaban J connectivity index is 0.00000200. The van der Waals surface area contributed by atoms with Crippen molar-refractivity contribution in [2.45, 2.75) is 25.8 Å². The van der Waals surface area contributed by atoms with Gasteiger partial charge in [0.15, 0.2) is 0 Å². The summed E-state index contributed by atoms with van der Waals surface area (Å²) in [4.78, 5) is 12.7. The van der Waals surface area contributed by atoms with Gasteiger partial charge in [-0.05, 0) is 37.8 Å². The fraction of sp³-hybridized carbons (Fsp3) is 0.571. The van der Waals surface area contributed by atoms with Crippen LogP contribution < -0.4 is 5.73 Å². The molecule has 0 amide bonds. The van der Waals surface area contributed by atoms with Crippen LogP contribution in [0, 0.1) is 16.0 Å². The number of rotatable bonds is 5. The minimum Gasteiger partial charge on any atom is -0.330 e. The Kier molecular flexibility index (Phi) is 6.39. The van der Waals surface area contributed by atoms with E-state index in [-0.39, 0.29) is 23.0 Å². The number of hydrogen-bond acceptors (Lipinski definition) is 4. The zero-order valence-corrected chi connectivity index (χ0v) is 12.5. The molecular weight excluding hydrogens is 278 g/mol. The van der Waals surface area contributed by atoms with Crippen molar-refractivity contribution in [1.82, 2.24) is 4.90 Å². The van der Waals surface area contributed by atoms with Gasteiger partial charge in [-0.3, -0.25) is 15.0 Å². The highest BCUT2D eigenvalue weighted by molar-refractivity contribution is 5.85. The summed E-state index contributed by atoms with van der Waals surface area (Å²) in [6.07, 6.45) is 2.11. The molecule has 0 spiro atoms. The molecule has 2 unspecified atom stereocenters. The molecule has 0 aliphatic carbocycles. The van der Waals surface area contributed by atoms with Crippen LogP contribution in [0.2, 0.25) is 0 Å². The van der Waals surface area contributed by atoms with Crippen LogP contribution in [-0.2, 0) is 6.42 Å². The first-order chi connectivity index (χ1) is 9.10. The lowest BCUT2D eigenvalue weighted by atomic mass is 10.1. The summed E-state index contributed by atoms with van der Waals surface area (Å²) in [5.74, 6) is 0.617.